The van der Waals surface area contributed by atoms with E-state index in [2.05, 4.69) is 0 Å². The molecule has 16 heavy (non-hydrogen) atoms. The molecule has 0 aliphatic rings. The number of carbonyl (C=O) groups is 1. The van der Waals surface area contributed by atoms with Crippen LogP contribution in [-0.2, 0) is 4.79 Å². The Bertz CT molecular complexity index is 219. The molecule has 0 fully saturated rings. The number of rotatable bonds is 6. The molecule has 0 rings (SSSR count). The van der Waals surface area contributed by atoms with Gasteiger partial charge in [-0.05, 0) is 26.9 Å². The van der Waals surface area contributed by atoms with Crippen molar-refractivity contribution in [3.05, 3.63) is 0 Å². The van der Waals surface area contributed by atoms with E-state index in [9.17, 15) is 18.0 Å². The third-order valence-corrected chi connectivity index (χ3v) is 2.37. The fourth-order valence-electron chi connectivity index (χ4n) is 1.14. The fraction of sp³-hybridized carbons (Fsp3) is 0.900. The number of halogens is 3. The summed E-state index contributed by atoms with van der Waals surface area (Å²) >= 11 is 0. The molecular weight excluding hydrogens is 221 g/mol. The maximum Gasteiger partial charge on any atom is 0.405 e. The molecule has 0 aromatic carbocycles. The lowest BCUT2D eigenvalue weighted by atomic mass is 10.2. The van der Waals surface area contributed by atoms with Crippen LogP contribution in [0.3, 0.4) is 0 Å². The van der Waals surface area contributed by atoms with Crippen LogP contribution in [0.25, 0.3) is 0 Å². The van der Waals surface area contributed by atoms with Gasteiger partial charge in [0.05, 0.1) is 6.04 Å². The number of amides is 1. The molecule has 1 amide bonds. The molecule has 0 saturated heterocycles. The van der Waals surface area contributed by atoms with Gasteiger partial charge in [0, 0.05) is 0 Å². The Kier molecular flexibility index (Phi) is 6.40. The minimum absolute atomic E-state index is 0.533. The fourth-order valence-corrected chi connectivity index (χ4v) is 1.14. The third-order valence-electron chi connectivity index (χ3n) is 2.37. The number of likely N-dealkylation sites (N-methyl/N-ethyl adjacent to an activating group) is 1. The summed E-state index contributed by atoms with van der Waals surface area (Å²) < 4.78 is 35.6. The Hall–Kier alpha value is -0.780. The molecule has 0 aromatic rings. The number of hydrogen-bond acceptors (Lipinski definition) is 2. The number of alkyl halides is 3. The summed E-state index contributed by atoms with van der Waals surface area (Å²) in [4.78, 5) is 13.1. The highest BCUT2D eigenvalue weighted by molar-refractivity contribution is 5.81. The van der Waals surface area contributed by atoms with E-state index < -0.39 is 24.7 Å². The Labute approximate surface area is 94.0 Å². The third kappa shape index (κ3) is 6.66. The largest absolute Gasteiger partial charge is 0.405 e. The van der Waals surface area contributed by atoms with Gasteiger partial charge >= 0.3 is 6.18 Å². The molecule has 3 nitrogen and oxygen atoms in total. The van der Waals surface area contributed by atoms with Gasteiger partial charge in [-0.3, -0.25) is 9.69 Å². The van der Waals surface area contributed by atoms with E-state index in [4.69, 9.17) is 0 Å². The monoisotopic (exact) mass is 240 g/mol. The van der Waals surface area contributed by atoms with Gasteiger partial charge in [-0.15, -0.1) is 0 Å². The summed E-state index contributed by atoms with van der Waals surface area (Å²) in [6, 6.07) is -0.533. The first-order chi connectivity index (χ1) is 7.28. The standard InChI is InChI=1S/C10H19F3N2O/c1-4-5-6-15(3)8(2)9(16)14-7-10(11,12)13/h8H,4-7H2,1-3H3,(H,14,16). The molecule has 1 unspecified atom stereocenters. The van der Waals surface area contributed by atoms with E-state index in [1.54, 1.807) is 18.9 Å². The molecule has 0 aliphatic carbocycles. The first kappa shape index (κ1) is 15.2. The molecule has 0 heterocycles. The van der Waals surface area contributed by atoms with E-state index in [1.807, 2.05) is 12.2 Å². The average Bonchev–Trinajstić information content (AvgIpc) is 2.20. The van der Waals surface area contributed by atoms with Gasteiger partial charge in [0.25, 0.3) is 0 Å². The van der Waals surface area contributed by atoms with E-state index in [0.29, 0.717) is 6.54 Å². The summed E-state index contributed by atoms with van der Waals surface area (Å²) in [5.41, 5.74) is 0. The van der Waals surface area contributed by atoms with Crippen molar-refractivity contribution in [2.24, 2.45) is 0 Å². The smallest absolute Gasteiger partial charge is 0.346 e. The molecule has 0 bridgehead atoms. The summed E-state index contributed by atoms with van der Waals surface area (Å²) in [6.45, 7) is 3.05. The Morgan fingerprint density at radius 2 is 2.00 bits per heavy atom. The van der Waals surface area contributed by atoms with E-state index >= 15 is 0 Å². The van der Waals surface area contributed by atoms with Gasteiger partial charge in [-0.1, -0.05) is 13.3 Å². The normalized spacial score (nSPS) is 13.9. The molecule has 0 radical (unpaired) electrons. The number of nitrogens with one attached hydrogen (secondary N) is 1. The van der Waals surface area contributed by atoms with Crippen LogP contribution in [0.4, 0.5) is 13.2 Å². The van der Waals surface area contributed by atoms with Crippen LogP contribution in [0, 0.1) is 0 Å². The van der Waals surface area contributed by atoms with Crippen molar-refractivity contribution in [1.82, 2.24) is 10.2 Å². The van der Waals surface area contributed by atoms with Crippen LogP contribution < -0.4 is 5.32 Å². The van der Waals surface area contributed by atoms with Crippen LogP contribution in [-0.4, -0.2) is 43.2 Å². The van der Waals surface area contributed by atoms with Gasteiger partial charge in [0.1, 0.15) is 6.54 Å². The van der Waals surface area contributed by atoms with Crippen molar-refractivity contribution in [2.75, 3.05) is 20.1 Å². The lowest BCUT2D eigenvalue weighted by Crippen LogP contribution is -2.46. The minimum Gasteiger partial charge on any atom is -0.346 e. The molecule has 96 valence electrons. The Morgan fingerprint density at radius 3 is 2.44 bits per heavy atom. The maximum atomic E-state index is 11.9. The van der Waals surface area contributed by atoms with Crippen LogP contribution in [0.1, 0.15) is 26.7 Å². The highest BCUT2D eigenvalue weighted by atomic mass is 19.4. The molecule has 0 spiro atoms. The quantitative estimate of drug-likeness (QED) is 0.767. The molecule has 6 heteroatoms. The summed E-state index contributed by atoms with van der Waals surface area (Å²) in [5, 5.41) is 1.87. The number of carbonyl (C=O) groups excluding carboxylic acids is 1. The lowest BCUT2D eigenvalue weighted by molar-refractivity contribution is -0.141. The summed E-state index contributed by atoms with van der Waals surface area (Å²) in [5.74, 6) is -0.587. The van der Waals surface area contributed by atoms with E-state index in [1.165, 1.54) is 0 Å². The van der Waals surface area contributed by atoms with Crippen LogP contribution in [0.15, 0.2) is 0 Å². The molecule has 0 aliphatic heterocycles. The van der Waals surface area contributed by atoms with Crippen LogP contribution >= 0.6 is 0 Å². The second-order valence-corrected chi connectivity index (χ2v) is 3.84. The zero-order chi connectivity index (χ0) is 12.8. The van der Waals surface area contributed by atoms with Crippen molar-refractivity contribution in [2.45, 2.75) is 38.9 Å². The predicted molar refractivity (Wildman–Crippen MR) is 56.1 cm³/mol. The SMILES string of the molecule is CCCCN(C)C(C)C(=O)NCC(F)(F)F. The number of unbranched alkanes of at least 4 members (excludes halogenated alkanes) is 1. The van der Waals surface area contributed by atoms with Crippen molar-refractivity contribution in [1.29, 1.82) is 0 Å². The van der Waals surface area contributed by atoms with Gasteiger partial charge in [0.15, 0.2) is 0 Å². The van der Waals surface area contributed by atoms with E-state index in [0.717, 1.165) is 12.8 Å². The van der Waals surface area contributed by atoms with Crippen molar-refractivity contribution in [3.63, 3.8) is 0 Å². The Morgan fingerprint density at radius 1 is 1.44 bits per heavy atom. The van der Waals surface area contributed by atoms with Crippen molar-refractivity contribution < 1.29 is 18.0 Å². The van der Waals surface area contributed by atoms with Crippen LogP contribution in [0.2, 0.25) is 0 Å². The minimum atomic E-state index is -4.35. The lowest BCUT2D eigenvalue weighted by Gasteiger charge is -2.23. The zero-order valence-corrected chi connectivity index (χ0v) is 9.90. The molecule has 1 N–H and O–H groups in total. The van der Waals surface area contributed by atoms with E-state index in [-0.39, 0.29) is 0 Å². The van der Waals surface area contributed by atoms with Gasteiger partial charge in [-0.2, -0.15) is 13.2 Å². The van der Waals surface area contributed by atoms with Gasteiger partial charge in [-0.25, -0.2) is 0 Å². The highest BCUT2D eigenvalue weighted by Crippen LogP contribution is 2.12. The highest BCUT2D eigenvalue weighted by Gasteiger charge is 2.29. The predicted octanol–water partition coefficient (Wildman–Crippen LogP) is 1.79. The van der Waals surface area contributed by atoms with Gasteiger partial charge < -0.3 is 5.32 Å². The van der Waals surface area contributed by atoms with Gasteiger partial charge in [0.2, 0.25) is 5.91 Å². The molecule has 1 atom stereocenters. The topological polar surface area (TPSA) is 32.3 Å². The first-order valence-electron chi connectivity index (χ1n) is 5.32. The second kappa shape index (κ2) is 6.73. The summed E-state index contributed by atoms with van der Waals surface area (Å²) in [6.07, 6.45) is -2.44. The summed E-state index contributed by atoms with van der Waals surface area (Å²) in [7, 11) is 1.73. The number of nitrogens with zero attached hydrogens (tertiary/aromatic N) is 1. The zero-order valence-electron chi connectivity index (χ0n) is 9.90. The average molecular weight is 240 g/mol. The second-order valence-electron chi connectivity index (χ2n) is 3.84. The number of hydrogen-bond donors (Lipinski definition) is 1. The molecule has 0 aromatic heterocycles. The Balaban J connectivity index is 3.98. The maximum absolute atomic E-state index is 11.9. The van der Waals surface area contributed by atoms with Crippen molar-refractivity contribution >= 4 is 5.91 Å². The van der Waals surface area contributed by atoms with Crippen molar-refractivity contribution in [3.8, 4) is 0 Å². The molecule has 0 saturated carbocycles. The molecular formula is C10H19F3N2O. The first-order valence-corrected chi connectivity index (χ1v) is 5.32. The van der Waals surface area contributed by atoms with Crippen LogP contribution in [0.5, 0.6) is 0 Å².